The van der Waals surface area contributed by atoms with E-state index < -0.39 is 0 Å². The van der Waals surface area contributed by atoms with Gasteiger partial charge in [-0.3, -0.25) is 0 Å². The van der Waals surface area contributed by atoms with Gasteiger partial charge in [-0.05, 0) is 42.3 Å². The van der Waals surface area contributed by atoms with Gasteiger partial charge in [0.15, 0.2) is 0 Å². The molecule has 0 aliphatic carbocycles. The number of fused-ring (bicyclic) bond motifs is 2. The van der Waals surface area contributed by atoms with Crippen LogP contribution < -0.4 is 9.30 Å². The summed E-state index contributed by atoms with van der Waals surface area (Å²) in [5.74, 6) is 0.179. The number of rotatable bonds is 3. The smallest absolute Gasteiger partial charge is 0.345 e. The molecule has 0 N–H and O–H groups in total. The first kappa shape index (κ1) is 19.0. The van der Waals surface area contributed by atoms with Gasteiger partial charge in [-0.15, -0.1) is 0 Å². The Morgan fingerprint density at radius 3 is 1.71 bits per heavy atom. The molecule has 3 heteroatoms. The number of carbonyl (C=O) groups excluding carboxylic acids is 1. The second-order valence-electron chi connectivity index (χ2n) is 7.75. The Labute approximate surface area is 181 Å². The summed E-state index contributed by atoms with van der Waals surface area (Å²) in [5.41, 5.74) is 6.01. The van der Waals surface area contributed by atoms with E-state index >= 15 is 0 Å². The highest BCUT2D eigenvalue weighted by Gasteiger charge is 2.23. The molecule has 31 heavy (non-hydrogen) atoms. The monoisotopic (exact) mass is 404 g/mol. The molecule has 0 saturated heterocycles. The number of pyridine rings is 1. The molecule has 0 saturated carbocycles. The van der Waals surface area contributed by atoms with Crippen LogP contribution in [0.5, 0.6) is 5.75 Å². The van der Waals surface area contributed by atoms with Gasteiger partial charge in [-0.1, -0.05) is 66.2 Å². The van der Waals surface area contributed by atoms with E-state index in [2.05, 4.69) is 35.8 Å². The van der Waals surface area contributed by atoms with Crippen LogP contribution in [0.15, 0.2) is 97.1 Å². The summed E-state index contributed by atoms with van der Waals surface area (Å²) in [5, 5.41) is 1.76. The van der Waals surface area contributed by atoms with Gasteiger partial charge < -0.3 is 4.74 Å². The number of benzene rings is 4. The van der Waals surface area contributed by atoms with Crippen LogP contribution in [0.4, 0.5) is 0 Å². The predicted octanol–water partition coefficient (Wildman–Crippen LogP) is 6.01. The first-order chi connectivity index (χ1) is 15.1. The van der Waals surface area contributed by atoms with Crippen molar-refractivity contribution in [3.8, 4) is 16.9 Å². The fourth-order valence-corrected chi connectivity index (χ4v) is 4.07. The first-order valence-corrected chi connectivity index (χ1v) is 10.3. The highest BCUT2D eigenvalue weighted by atomic mass is 16.5. The third-order valence-corrected chi connectivity index (χ3v) is 5.72. The lowest BCUT2D eigenvalue weighted by Gasteiger charge is -2.10. The van der Waals surface area contributed by atoms with Crippen molar-refractivity contribution >= 4 is 27.8 Å². The molecule has 150 valence electrons. The third kappa shape index (κ3) is 3.44. The molecule has 0 aliphatic heterocycles. The molecule has 4 aromatic carbocycles. The molecule has 0 fully saturated rings. The largest absolute Gasteiger partial charge is 0.423 e. The molecule has 0 aliphatic rings. The quantitative estimate of drug-likeness (QED) is 0.159. The average molecular weight is 404 g/mol. The van der Waals surface area contributed by atoms with Crippen LogP contribution in [0.3, 0.4) is 0 Å². The summed E-state index contributed by atoms with van der Waals surface area (Å²) in [4.78, 5) is 13.3. The van der Waals surface area contributed by atoms with E-state index in [1.165, 1.54) is 5.56 Å². The Hall–Kier alpha value is -3.98. The topological polar surface area (TPSA) is 30.2 Å². The molecule has 5 aromatic rings. The van der Waals surface area contributed by atoms with Crippen LogP contribution in [0, 0.1) is 6.92 Å². The minimum atomic E-state index is -0.351. The number of ether oxygens (including phenoxy) is 1. The van der Waals surface area contributed by atoms with Crippen LogP contribution >= 0.6 is 0 Å². The number of carbonyl (C=O) groups is 1. The zero-order valence-corrected chi connectivity index (χ0v) is 17.5. The molecule has 0 radical (unpaired) electrons. The Kier molecular flexibility index (Phi) is 4.72. The molecular weight excluding hydrogens is 382 g/mol. The van der Waals surface area contributed by atoms with Gasteiger partial charge in [0.25, 0.3) is 0 Å². The fraction of sp³-hybridized carbons (Fsp3) is 0.0714. The summed E-state index contributed by atoms with van der Waals surface area (Å²) in [6.07, 6.45) is 0. The third-order valence-electron chi connectivity index (χ3n) is 5.72. The van der Waals surface area contributed by atoms with Crippen molar-refractivity contribution in [1.29, 1.82) is 0 Å². The standard InChI is InChI=1S/C28H22NO2/c1-19-11-13-20(14-12-19)21-15-17-22(18-16-21)31-28(30)27-23-7-3-5-9-25(23)29(2)26-10-6-4-8-24(26)27/h3-18H,1-2H3/q+1. The maximum atomic E-state index is 13.3. The molecule has 0 unspecified atom stereocenters. The molecule has 3 nitrogen and oxygen atoms in total. The lowest BCUT2D eigenvalue weighted by molar-refractivity contribution is -0.617. The van der Waals surface area contributed by atoms with E-state index in [0.717, 1.165) is 32.9 Å². The zero-order chi connectivity index (χ0) is 21.4. The Morgan fingerprint density at radius 2 is 1.16 bits per heavy atom. The Bertz CT molecular complexity index is 1360. The molecule has 0 bridgehead atoms. The maximum absolute atomic E-state index is 13.3. The summed E-state index contributed by atoms with van der Waals surface area (Å²) < 4.78 is 7.93. The number of aromatic nitrogens is 1. The van der Waals surface area contributed by atoms with Gasteiger partial charge in [0.2, 0.25) is 11.0 Å². The van der Waals surface area contributed by atoms with E-state index in [0.29, 0.717) is 11.3 Å². The minimum absolute atomic E-state index is 0.351. The summed E-state index contributed by atoms with van der Waals surface area (Å²) in [7, 11) is 2.02. The van der Waals surface area contributed by atoms with Gasteiger partial charge in [-0.25, -0.2) is 4.79 Å². The van der Waals surface area contributed by atoms with Gasteiger partial charge in [-0.2, -0.15) is 4.57 Å². The molecule has 5 rings (SSSR count). The molecule has 0 amide bonds. The number of hydrogen-bond acceptors (Lipinski definition) is 2. The molecule has 1 heterocycles. The van der Waals surface area contributed by atoms with Crippen LogP contribution in [0.1, 0.15) is 15.9 Å². The maximum Gasteiger partial charge on any atom is 0.345 e. The van der Waals surface area contributed by atoms with E-state index in [9.17, 15) is 4.79 Å². The average Bonchev–Trinajstić information content (AvgIpc) is 2.80. The number of para-hydroxylation sites is 2. The Balaban J connectivity index is 1.53. The molecular formula is C28H22NO2+. The van der Waals surface area contributed by atoms with Gasteiger partial charge in [0.1, 0.15) is 12.8 Å². The predicted molar refractivity (Wildman–Crippen MR) is 124 cm³/mol. The van der Waals surface area contributed by atoms with Crippen LogP contribution in [0.2, 0.25) is 0 Å². The lowest BCUT2D eigenvalue weighted by atomic mass is 10.0. The normalized spacial score (nSPS) is 11.0. The highest BCUT2D eigenvalue weighted by Crippen LogP contribution is 2.27. The lowest BCUT2D eigenvalue weighted by Crippen LogP contribution is -2.31. The molecule has 0 spiro atoms. The summed E-state index contributed by atoms with van der Waals surface area (Å²) in [6.45, 7) is 2.07. The zero-order valence-electron chi connectivity index (χ0n) is 17.5. The van der Waals surface area contributed by atoms with Crippen LogP contribution in [0.25, 0.3) is 32.9 Å². The highest BCUT2D eigenvalue weighted by molar-refractivity contribution is 6.13. The van der Waals surface area contributed by atoms with E-state index in [-0.39, 0.29) is 5.97 Å². The minimum Gasteiger partial charge on any atom is -0.423 e. The van der Waals surface area contributed by atoms with Crippen molar-refractivity contribution < 1.29 is 14.1 Å². The summed E-state index contributed by atoms with van der Waals surface area (Å²) >= 11 is 0. The van der Waals surface area contributed by atoms with E-state index in [1.807, 2.05) is 79.8 Å². The van der Waals surface area contributed by atoms with E-state index in [4.69, 9.17) is 4.74 Å². The number of hydrogen-bond donors (Lipinski definition) is 0. The second kappa shape index (κ2) is 7.69. The number of nitrogens with zero attached hydrogens (tertiary/aromatic N) is 1. The van der Waals surface area contributed by atoms with Crippen molar-refractivity contribution in [3.05, 3.63) is 108 Å². The molecule has 1 aromatic heterocycles. The van der Waals surface area contributed by atoms with Crippen molar-refractivity contribution in [2.24, 2.45) is 7.05 Å². The van der Waals surface area contributed by atoms with Crippen molar-refractivity contribution in [3.63, 3.8) is 0 Å². The number of aryl methyl sites for hydroxylation is 2. The van der Waals surface area contributed by atoms with Crippen molar-refractivity contribution in [1.82, 2.24) is 0 Å². The van der Waals surface area contributed by atoms with Gasteiger partial charge in [0, 0.05) is 12.1 Å². The number of esters is 1. The molecule has 0 atom stereocenters. The van der Waals surface area contributed by atoms with Crippen molar-refractivity contribution in [2.45, 2.75) is 6.92 Å². The summed E-state index contributed by atoms with van der Waals surface area (Å²) in [6, 6.07) is 31.9. The van der Waals surface area contributed by atoms with Crippen LogP contribution in [-0.4, -0.2) is 5.97 Å². The second-order valence-corrected chi connectivity index (χ2v) is 7.75. The SMILES string of the molecule is Cc1ccc(-c2ccc(OC(=O)c3c4ccccc4[n+](C)c4ccccc34)cc2)cc1. The fourth-order valence-electron chi connectivity index (χ4n) is 4.07. The van der Waals surface area contributed by atoms with Crippen molar-refractivity contribution in [2.75, 3.05) is 0 Å². The van der Waals surface area contributed by atoms with Gasteiger partial charge >= 0.3 is 5.97 Å². The van der Waals surface area contributed by atoms with Gasteiger partial charge in [0.05, 0.1) is 16.3 Å². The first-order valence-electron chi connectivity index (χ1n) is 10.3. The van der Waals surface area contributed by atoms with E-state index in [1.54, 1.807) is 0 Å². The Morgan fingerprint density at radius 1 is 0.677 bits per heavy atom. The van der Waals surface area contributed by atoms with Crippen LogP contribution in [-0.2, 0) is 7.05 Å².